The SMILES string of the molecule is Fc1c[c-]c(-c2cc(Cl)ccn2)c(F)c1.Fc1ccnc(-c2[c-]cc(Cl)nc2F)c1.Fc1ccnc(-c2[c-]cc(F)cc2F)c1.Fc1ccnc(-c2[c-]cc(F)nc2Br)c1.Fc1ccnc(-c2[c-]cc(F)nc2Cl)c1.[Ir].[Ir].[Ir].[Ir].[Ir]. The van der Waals surface area contributed by atoms with E-state index in [0.717, 1.165) is 48.5 Å². The van der Waals surface area contributed by atoms with Crippen molar-refractivity contribution < 1.29 is 149 Å². The van der Waals surface area contributed by atoms with E-state index in [9.17, 15) is 48.3 Å². The third-order valence-corrected chi connectivity index (χ3v) is 10.1. The Kier molecular flexibility index (Phi) is 33.2. The van der Waals surface area contributed by atoms with E-state index in [-0.39, 0.29) is 155 Å². The van der Waals surface area contributed by atoms with Gasteiger partial charge in [-0.05, 0) is 83.1 Å². The van der Waals surface area contributed by atoms with Gasteiger partial charge in [0.15, 0.2) is 0 Å². The van der Waals surface area contributed by atoms with Crippen molar-refractivity contribution in [2.24, 2.45) is 0 Å². The van der Waals surface area contributed by atoms with Gasteiger partial charge in [0.05, 0.1) is 0 Å². The average molecular weight is 2120 g/mol. The summed E-state index contributed by atoms with van der Waals surface area (Å²) in [5.41, 5.74) is 1.95. The molecule has 0 amide bonds. The Morgan fingerprint density at radius 2 is 0.700 bits per heavy atom. The van der Waals surface area contributed by atoms with Crippen LogP contribution in [0.25, 0.3) is 56.3 Å². The summed E-state index contributed by atoms with van der Waals surface area (Å²) in [6.07, 6.45) is 6.52. The Hall–Kier alpha value is -4.53. The van der Waals surface area contributed by atoms with Gasteiger partial charge in [0.25, 0.3) is 0 Å². The van der Waals surface area contributed by atoms with Crippen molar-refractivity contribution in [1.29, 1.82) is 0 Å². The largest absolute Gasteiger partial charge is 0.311 e. The van der Waals surface area contributed by atoms with Crippen LogP contribution in [0.2, 0.25) is 15.3 Å². The first-order chi connectivity index (χ1) is 35.8. The van der Waals surface area contributed by atoms with Gasteiger partial charge in [0.2, 0.25) is 0 Å². The molecule has 2 aromatic carbocycles. The molecule has 5 radical (unpaired) electrons. The standard InChI is InChI=1S/C11H5ClF2N.C11H5F3N.C10H4BrF2N2.2C10H4ClF2N2.5Ir/c12-7-3-4-15-11(5-7)9-2-1-8(13)6-10(9)14;12-7-1-2-9(10(14)5-7)11-6-8(13)3-4-15-11;2*11-10-7(1-2-9(13)15-10)8-5-6(12)3-4-14-8;11-9-2-1-7(10(13)15-9)8-5-6(12)3-4-14-8;;;;;/h2*1,3-6H;3*2-5H;;;;;/q5*-1;;;;;. The fourth-order valence-electron chi connectivity index (χ4n) is 5.65. The quantitative estimate of drug-likeness (QED) is 0.0954. The van der Waals surface area contributed by atoms with Crippen molar-refractivity contribution in [3.63, 3.8) is 0 Å². The van der Waals surface area contributed by atoms with Crippen molar-refractivity contribution in [3.05, 3.63) is 249 Å². The van der Waals surface area contributed by atoms with Gasteiger partial charge in [-0.1, -0.05) is 85.7 Å². The minimum Gasteiger partial charge on any atom is -0.311 e. The molecular weight excluding hydrogens is 2090 g/mol. The van der Waals surface area contributed by atoms with Gasteiger partial charge in [-0.2, -0.15) is 0 Å². The smallest absolute Gasteiger partial charge is 0.127 e. The molecule has 425 valence electrons. The molecule has 0 aliphatic heterocycles. The van der Waals surface area contributed by atoms with E-state index in [1.54, 1.807) is 6.07 Å². The average Bonchev–Trinajstić information content (AvgIpc) is 3.35. The van der Waals surface area contributed by atoms with Crippen LogP contribution >= 0.6 is 50.7 Å². The van der Waals surface area contributed by atoms with Crippen LogP contribution in [0.4, 0.5) is 48.3 Å². The summed E-state index contributed by atoms with van der Waals surface area (Å²) >= 11 is 19.9. The van der Waals surface area contributed by atoms with Gasteiger partial charge < -0.3 is 39.9 Å². The molecule has 28 heteroatoms. The molecule has 10 rings (SSSR count). The zero-order valence-corrected chi connectivity index (χ0v) is 54.4. The molecule has 0 bridgehead atoms. The second kappa shape index (κ2) is 36.1. The summed E-state index contributed by atoms with van der Waals surface area (Å²) in [5, 5.41) is 0.345. The summed E-state index contributed by atoms with van der Waals surface area (Å²) in [4.78, 5) is 29.6. The molecule has 10 aromatic rings. The van der Waals surface area contributed by atoms with Crippen molar-refractivity contribution in [2.75, 3.05) is 0 Å². The predicted molar refractivity (Wildman–Crippen MR) is 258 cm³/mol. The minimum atomic E-state index is -0.819. The van der Waals surface area contributed by atoms with Crippen LogP contribution in [0, 0.1) is 94.7 Å². The van der Waals surface area contributed by atoms with Crippen LogP contribution in [0.3, 0.4) is 0 Å². The number of nitrogens with zero attached hydrogens (tertiary/aromatic N) is 8. The van der Waals surface area contributed by atoms with Gasteiger partial charge in [0, 0.05) is 175 Å². The zero-order valence-electron chi connectivity index (χ0n) is 38.6. The first-order valence-electron chi connectivity index (χ1n) is 20.4. The molecule has 80 heavy (non-hydrogen) atoms. The predicted octanol–water partition coefficient (Wildman–Crippen LogP) is 15.2. The molecule has 0 N–H and O–H groups in total. The first-order valence-corrected chi connectivity index (χ1v) is 22.3. The Balaban J connectivity index is 0.000000492. The van der Waals surface area contributed by atoms with E-state index in [4.69, 9.17) is 34.8 Å². The summed E-state index contributed by atoms with van der Waals surface area (Å²) in [6.45, 7) is 0. The Labute approximate surface area is 539 Å². The van der Waals surface area contributed by atoms with Crippen molar-refractivity contribution in [3.8, 4) is 56.3 Å². The van der Waals surface area contributed by atoms with Crippen LogP contribution in [0.5, 0.6) is 0 Å². The van der Waals surface area contributed by atoms with Gasteiger partial charge >= 0.3 is 0 Å². The number of hydrogen-bond donors (Lipinski definition) is 0. The summed E-state index contributed by atoms with van der Waals surface area (Å²) in [6, 6.07) is 31.9. The molecule has 8 heterocycles. The van der Waals surface area contributed by atoms with Gasteiger partial charge in [0.1, 0.15) is 41.1 Å². The van der Waals surface area contributed by atoms with E-state index in [0.29, 0.717) is 28.0 Å². The molecule has 0 fully saturated rings. The normalized spacial score (nSPS) is 9.69. The third-order valence-electron chi connectivity index (χ3n) is 8.85. The fourth-order valence-corrected chi connectivity index (χ4v) is 6.66. The second-order valence-electron chi connectivity index (χ2n) is 14.0. The molecular formula is C52H22BrCl3F11Ir5N8-5. The maximum Gasteiger partial charge on any atom is 0.127 e. The number of halogens is 15. The maximum atomic E-state index is 13.3. The summed E-state index contributed by atoms with van der Waals surface area (Å²) < 4.78 is 142. The van der Waals surface area contributed by atoms with Gasteiger partial charge in [-0.3, -0.25) is 17.6 Å². The van der Waals surface area contributed by atoms with Crippen LogP contribution in [0.15, 0.2) is 139 Å². The Bertz CT molecular complexity index is 3080. The van der Waals surface area contributed by atoms with E-state index in [2.05, 4.69) is 86.1 Å². The molecule has 0 aliphatic carbocycles. The van der Waals surface area contributed by atoms with Crippen LogP contribution in [-0.2, 0) is 101 Å². The number of aromatic nitrogens is 8. The molecule has 0 aliphatic rings. The molecule has 0 unspecified atom stereocenters. The third kappa shape index (κ3) is 22.7. The van der Waals surface area contributed by atoms with Crippen molar-refractivity contribution in [2.45, 2.75) is 0 Å². The Morgan fingerprint density at radius 1 is 0.350 bits per heavy atom. The van der Waals surface area contributed by atoms with Crippen LogP contribution in [-0.4, -0.2) is 39.9 Å². The number of pyridine rings is 8. The summed E-state index contributed by atoms with van der Waals surface area (Å²) in [7, 11) is 0. The molecule has 0 atom stereocenters. The van der Waals surface area contributed by atoms with Crippen molar-refractivity contribution in [1.82, 2.24) is 39.9 Å². The molecule has 0 saturated heterocycles. The van der Waals surface area contributed by atoms with E-state index >= 15 is 0 Å². The number of benzene rings is 2. The first kappa shape index (κ1) is 73.5. The second-order valence-corrected chi connectivity index (χ2v) is 16.0. The van der Waals surface area contributed by atoms with Crippen LogP contribution < -0.4 is 0 Å². The number of hydrogen-bond acceptors (Lipinski definition) is 8. The minimum absolute atomic E-state index is 0. The maximum absolute atomic E-state index is 13.3. The molecule has 8 nitrogen and oxygen atoms in total. The van der Waals surface area contributed by atoms with E-state index in [1.165, 1.54) is 73.4 Å². The number of rotatable bonds is 5. The van der Waals surface area contributed by atoms with Crippen LogP contribution in [0.1, 0.15) is 0 Å². The van der Waals surface area contributed by atoms with E-state index in [1.807, 2.05) is 0 Å². The fraction of sp³-hybridized carbons (Fsp3) is 0. The Morgan fingerprint density at radius 3 is 1.09 bits per heavy atom. The van der Waals surface area contributed by atoms with Gasteiger partial charge in [-0.25, -0.2) is 30.7 Å². The van der Waals surface area contributed by atoms with E-state index < -0.39 is 64.4 Å². The molecule has 0 spiro atoms. The van der Waals surface area contributed by atoms with Gasteiger partial charge in [-0.15, -0.1) is 71.7 Å². The molecule has 0 saturated carbocycles. The monoisotopic (exact) mass is 2120 g/mol. The molecule has 8 aromatic heterocycles. The van der Waals surface area contributed by atoms with Crippen molar-refractivity contribution >= 4 is 50.7 Å². The summed E-state index contributed by atoms with van der Waals surface area (Å²) in [5.74, 6) is -7.01. The zero-order chi connectivity index (χ0) is 54.2. The topological polar surface area (TPSA) is 103 Å².